The monoisotopic (exact) mass is 240 g/mol. The molecule has 17 heavy (non-hydrogen) atoms. The van der Waals surface area contributed by atoms with Crippen LogP contribution in [0.1, 0.15) is 39.0 Å². The van der Waals surface area contributed by atoms with Gasteiger partial charge in [-0.3, -0.25) is 4.79 Å². The van der Waals surface area contributed by atoms with Gasteiger partial charge in [-0.05, 0) is 32.1 Å². The third-order valence-corrected chi connectivity index (χ3v) is 4.11. The Bertz CT molecular complexity index is 270. The van der Waals surface area contributed by atoms with Gasteiger partial charge in [0, 0.05) is 25.7 Å². The maximum absolute atomic E-state index is 12.5. The summed E-state index contributed by atoms with van der Waals surface area (Å²) in [5.74, 6) is 0.358. The average Bonchev–Trinajstić information content (AvgIpc) is 2.86. The molecule has 0 bridgehead atoms. The lowest BCUT2D eigenvalue weighted by Crippen LogP contribution is -2.50. The molecule has 2 saturated heterocycles. The smallest absolute Gasteiger partial charge is 0.228 e. The molecule has 4 heteroatoms. The fourth-order valence-corrected chi connectivity index (χ4v) is 3.08. The summed E-state index contributed by atoms with van der Waals surface area (Å²) in [6, 6.07) is 0.259. The molecule has 98 valence electrons. The van der Waals surface area contributed by atoms with Crippen molar-refractivity contribution >= 4 is 5.91 Å². The first-order chi connectivity index (χ1) is 8.27. The Morgan fingerprint density at radius 1 is 1.41 bits per heavy atom. The third-order valence-electron chi connectivity index (χ3n) is 4.11. The Morgan fingerprint density at radius 2 is 2.24 bits per heavy atom. The van der Waals surface area contributed by atoms with Gasteiger partial charge in [-0.25, -0.2) is 0 Å². The highest BCUT2D eigenvalue weighted by atomic mass is 16.5. The second-order valence-corrected chi connectivity index (χ2v) is 5.13. The summed E-state index contributed by atoms with van der Waals surface area (Å²) in [7, 11) is 0. The molecule has 0 aromatic heterocycles. The van der Waals surface area contributed by atoms with Gasteiger partial charge in [0.15, 0.2) is 0 Å². The molecule has 0 aromatic carbocycles. The molecule has 4 nitrogen and oxygen atoms in total. The maximum Gasteiger partial charge on any atom is 0.228 e. The van der Waals surface area contributed by atoms with Gasteiger partial charge in [-0.2, -0.15) is 0 Å². The maximum atomic E-state index is 12.5. The van der Waals surface area contributed by atoms with Crippen LogP contribution in [-0.4, -0.2) is 42.6 Å². The van der Waals surface area contributed by atoms with E-state index in [4.69, 9.17) is 10.5 Å². The second kappa shape index (κ2) is 5.83. The lowest BCUT2D eigenvalue weighted by atomic mass is 9.94. The van der Waals surface area contributed by atoms with E-state index in [0.29, 0.717) is 6.54 Å². The predicted octanol–water partition coefficient (Wildman–Crippen LogP) is 1.14. The Labute approximate surface area is 103 Å². The molecule has 0 saturated carbocycles. The number of carbonyl (C=O) groups is 1. The standard InChI is InChI=1S/C13H24N2O2/c1-2-12-11(6-8-17-12)13(16)15-7-4-3-5-10(15)9-14/h10-12H,2-9,14H2,1H3. The Hall–Kier alpha value is -0.610. The number of hydrogen-bond acceptors (Lipinski definition) is 3. The summed E-state index contributed by atoms with van der Waals surface area (Å²) in [5.41, 5.74) is 5.77. The van der Waals surface area contributed by atoms with Gasteiger partial charge >= 0.3 is 0 Å². The number of piperidine rings is 1. The van der Waals surface area contributed by atoms with Gasteiger partial charge in [0.2, 0.25) is 5.91 Å². The number of rotatable bonds is 3. The highest BCUT2D eigenvalue weighted by Gasteiger charge is 2.37. The Kier molecular flexibility index (Phi) is 4.40. The zero-order valence-corrected chi connectivity index (χ0v) is 10.7. The van der Waals surface area contributed by atoms with E-state index in [0.717, 1.165) is 38.8 Å². The van der Waals surface area contributed by atoms with Crippen molar-refractivity contribution in [2.45, 2.75) is 51.2 Å². The zero-order valence-electron chi connectivity index (χ0n) is 10.7. The summed E-state index contributed by atoms with van der Waals surface area (Å²) in [6.45, 7) is 4.30. The van der Waals surface area contributed by atoms with Crippen molar-refractivity contribution in [3.05, 3.63) is 0 Å². The molecule has 2 N–H and O–H groups in total. The minimum Gasteiger partial charge on any atom is -0.377 e. The number of likely N-dealkylation sites (tertiary alicyclic amines) is 1. The summed E-state index contributed by atoms with van der Waals surface area (Å²) < 4.78 is 5.62. The SMILES string of the molecule is CCC1OCCC1C(=O)N1CCCCC1CN. The number of nitrogens with two attached hydrogens (primary N) is 1. The fourth-order valence-electron chi connectivity index (χ4n) is 3.08. The van der Waals surface area contributed by atoms with E-state index in [2.05, 4.69) is 6.92 Å². The van der Waals surface area contributed by atoms with Crippen LogP contribution in [0.5, 0.6) is 0 Å². The van der Waals surface area contributed by atoms with E-state index in [-0.39, 0.29) is 24.0 Å². The lowest BCUT2D eigenvalue weighted by molar-refractivity contribution is -0.140. The number of nitrogens with zero attached hydrogens (tertiary/aromatic N) is 1. The molecule has 1 amide bonds. The lowest BCUT2D eigenvalue weighted by Gasteiger charge is -2.37. The van der Waals surface area contributed by atoms with Crippen LogP contribution in [0.2, 0.25) is 0 Å². The van der Waals surface area contributed by atoms with Crippen LogP contribution in [0.25, 0.3) is 0 Å². The topological polar surface area (TPSA) is 55.6 Å². The van der Waals surface area contributed by atoms with Crippen LogP contribution in [0.3, 0.4) is 0 Å². The average molecular weight is 240 g/mol. The van der Waals surface area contributed by atoms with Gasteiger partial charge in [-0.1, -0.05) is 6.92 Å². The van der Waals surface area contributed by atoms with E-state index in [1.807, 2.05) is 4.90 Å². The van der Waals surface area contributed by atoms with E-state index in [9.17, 15) is 4.79 Å². The van der Waals surface area contributed by atoms with Crippen molar-refractivity contribution in [2.75, 3.05) is 19.7 Å². The molecular weight excluding hydrogens is 216 g/mol. The first-order valence-corrected chi connectivity index (χ1v) is 6.90. The van der Waals surface area contributed by atoms with Crippen LogP contribution in [-0.2, 0) is 9.53 Å². The fraction of sp³-hybridized carbons (Fsp3) is 0.923. The molecule has 3 atom stereocenters. The van der Waals surface area contributed by atoms with Crippen LogP contribution in [0.15, 0.2) is 0 Å². The van der Waals surface area contributed by atoms with E-state index in [1.54, 1.807) is 0 Å². The van der Waals surface area contributed by atoms with Gasteiger partial charge in [-0.15, -0.1) is 0 Å². The van der Waals surface area contributed by atoms with Crippen molar-refractivity contribution in [1.82, 2.24) is 4.90 Å². The highest BCUT2D eigenvalue weighted by Crippen LogP contribution is 2.28. The van der Waals surface area contributed by atoms with E-state index >= 15 is 0 Å². The summed E-state index contributed by atoms with van der Waals surface area (Å²) in [6.07, 6.45) is 5.31. The molecule has 2 aliphatic rings. The minimum absolute atomic E-state index is 0.0761. The molecule has 0 radical (unpaired) electrons. The number of carbonyl (C=O) groups excluding carboxylic acids is 1. The van der Waals surface area contributed by atoms with Crippen molar-refractivity contribution in [1.29, 1.82) is 0 Å². The molecule has 0 aromatic rings. The van der Waals surface area contributed by atoms with Gasteiger partial charge in [0.05, 0.1) is 12.0 Å². The van der Waals surface area contributed by atoms with Gasteiger partial charge in [0.25, 0.3) is 0 Å². The van der Waals surface area contributed by atoms with Gasteiger partial charge < -0.3 is 15.4 Å². The molecule has 2 heterocycles. The quantitative estimate of drug-likeness (QED) is 0.805. The first kappa shape index (κ1) is 12.8. The zero-order chi connectivity index (χ0) is 12.3. The minimum atomic E-state index is 0.0761. The molecule has 3 unspecified atom stereocenters. The first-order valence-electron chi connectivity index (χ1n) is 6.90. The Morgan fingerprint density at radius 3 is 2.94 bits per heavy atom. The van der Waals surface area contributed by atoms with Crippen molar-refractivity contribution in [3.8, 4) is 0 Å². The molecule has 2 aliphatic heterocycles. The largest absolute Gasteiger partial charge is 0.377 e. The summed E-state index contributed by atoms with van der Waals surface area (Å²) in [4.78, 5) is 14.5. The van der Waals surface area contributed by atoms with Crippen molar-refractivity contribution in [3.63, 3.8) is 0 Å². The van der Waals surface area contributed by atoms with E-state index < -0.39 is 0 Å². The summed E-state index contributed by atoms with van der Waals surface area (Å²) >= 11 is 0. The molecule has 2 fully saturated rings. The molecule has 0 aliphatic carbocycles. The van der Waals surface area contributed by atoms with Crippen LogP contribution >= 0.6 is 0 Å². The molecule has 2 rings (SSSR count). The van der Waals surface area contributed by atoms with Crippen LogP contribution in [0.4, 0.5) is 0 Å². The Balaban J connectivity index is 2.02. The van der Waals surface area contributed by atoms with Gasteiger partial charge in [0.1, 0.15) is 0 Å². The van der Waals surface area contributed by atoms with E-state index in [1.165, 1.54) is 6.42 Å². The number of ether oxygens (including phenoxy) is 1. The highest BCUT2D eigenvalue weighted by molar-refractivity contribution is 5.80. The van der Waals surface area contributed by atoms with Crippen LogP contribution in [0, 0.1) is 5.92 Å². The predicted molar refractivity (Wildman–Crippen MR) is 66.5 cm³/mol. The molecular formula is C13H24N2O2. The normalized spacial score (nSPS) is 34.0. The van der Waals surface area contributed by atoms with Crippen LogP contribution < -0.4 is 5.73 Å². The summed E-state index contributed by atoms with van der Waals surface area (Å²) in [5, 5.41) is 0. The third kappa shape index (κ3) is 2.63. The van der Waals surface area contributed by atoms with Crippen molar-refractivity contribution < 1.29 is 9.53 Å². The number of amides is 1. The second-order valence-electron chi connectivity index (χ2n) is 5.13. The molecule has 0 spiro atoms. The number of hydrogen-bond donors (Lipinski definition) is 1. The van der Waals surface area contributed by atoms with Crippen molar-refractivity contribution in [2.24, 2.45) is 11.7 Å².